The molecule has 6 heteroatoms. The standard InChI is InChI=1S/C39H51FN4O/c1-6-44(7-2)37(33-20-18-31(19-21-33)36(43(4)5)32-22-24-34(40)25-23-32)39-42-35(27-30-16-12-9-13-17-30)38(45-39)41-28(3)26-29-14-10-8-11-15-29/h8-17,22-25,28,31,33,36-37,41H,6-7,18-21,26-27H2,1-5H3. The second kappa shape index (κ2) is 15.7. The molecule has 1 aromatic heterocycles. The second-order valence-electron chi connectivity index (χ2n) is 13.0. The lowest BCUT2D eigenvalue weighted by Gasteiger charge is -2.41. The molecule has 0 aliphatic heterocycles. The first-order valence-electron chi connectivity index (χ1n) is 16.9. The fourth-order valence-corrected chi connectivity index (χ4v) is 7.46. The molecule has 5 rings (SSSR count). The summed E-state index contributed by atoms with van der Waals surface area (Å²) in [5.41, 5.74) is 4.71. The highest BCUT2D eigenvalue weighted by Gasteiger charge is 2.38. The zero-order chi connectivity index (χ0) is 31.8. The van der Waals surface area contributed by atoms with Crippen LogP contribution in [0.5, 0.6) is 0 Å². The van der Waals surface area contributed by atoms with Gasteiger partial charge in [-0.1, -0.05) is 86.6 Å². The molecule has 4 aromatic rings. The molecule has 45 heavy (non-hydrogen) atoms. The summed E-state index contributed by atoms with van der Waals surface area (Å²) < 4.78 is 20.5. The number of hydrogen-bond acceptors (Lipinski definition) is 5. The van der Waals surface area contributed by atoms with Gasteiger partial charge in [0, 0.05) is 18.5 Å². The van der Waals surface area contributed by atoms with Crippen LogP contribution in [0.25, 0.3) is 0 Å². The average molecular weight is 611 g/mol. The SMILES string of the molecule is CCN(CC)C(c1nc(Cc2ccccc2)c(NC(C)Cc2ccccc2)o1)C1CCC(C(c2ccc(F)cc2)N(C)C)CC1. The number of anilines is 1. The normalized spacial score (nSPS) is 19.0. The lowest BCUT2D eigenvalue weighted by Crippen LogP contribution is -2.37. The van der Waals surface area contributed by atoms with Gasteiger partial charge in [-0.15, -0.1) is 0 Å². The zero-order valence-electron chi connectivity index (χ0n) is 27.8. The maximum absolute atomic E-state index is 13.7. The van der Waals surface area contributed by atoms with Gasteiger partial charge in [-0.2, -0.15) is 0 Å². The van der Waals surface area contributed by atoms with Gasteiger partial charge < -0.3 is 14.6 Å². The van der Waals surface area contributed by atoms with Crippen molar-refractivity contribution in [3.63, 3.8) is 0 Å². The number of nitrogens with one attached hydrogen (secondary N) is 1. The van der Waals surface area contributed by atoms with E-state index in [1.807, 2.05) is 12.1 Å². The zero-order valence-corrected chi connectivity index (χ0v) is 27.8. The van der Waals surface area contributed by atoms with Gasteiger partial charge in [0.1, 0.15) is 11.5 Å². The molecular formula is C39H51FN4O. The van der Waals surface area contributed by atoms with E-state index in [2.05, 4.69) is 111 Å². The second-order valence-corrected chi connectivity index (χ2v) is 13.0. The Morgan fingerprint density at radius 2 is 1.36 bits per heavy atom. The van der Waals surface area contributed by atoms with Gasteiger partial charge in [-0.25, -0.2) is 9.37 Å². The third-order valence-electron chi connectivity index (χ3n) is 9.63. The Hall–Kier alpha value is -3.48. The summed E-state index contributed by atoms with van der Waals surface area (Å²) in [6.07, 6.45) is 6.11. The van der Waals surface area contributed by atoms with E-state index in [-0.39, 0.29) is 23.9 Å². The Morgan fingerprint density at radius 3 is 1.91 bits per heavy atom. The lowest BCUT2D eigenvalue weighted by atomic mass is 9.73. The number of aromatic nitrogens is 1. The molecular weight excluding hydrogens is 559 g/mol. The van der Waals surface area contributed by atoms with Crippen LogP contribution in [0.4, 0.5) is 10.3 Å². The maximum atomic E-state index is 13.7. The number of benzene rings is 3. The van der Waals surface area contributed by atoms with Gasteiger partial charge in [-0.3, -0.25) is 4.90 Å². The molecule has 0 bridgehead atoms. The van der Waals surface area contributed by atoms with Crippen molar-refractivity contribution >= 4 is 5.88 Å². The quantitative estimate of drug-likeness (QED) is 0.154. The van der Waals surface area contributed by atoms with Crippen LogP contribution in [-0.2, 0) is 12.8 Å². The van der Waals surface area contributed by atoms with Crippen molar-refractivity contribution in [3.8, 4) is 0 Å². The van der Waals surface area contributed by atoms with Crippen LogP contribution >= 0.6 is 0 Å². The fraction of sp³-hybridized carbons (Fsp3) is 0.462. The lowest BCUT2D eigenvalue weighted by molar-refractivity contribution is 0.0740. The van der Waals surface area contributed by atoms with E-state index < -0.39 is 0 Å². The molecule has 1 heterocycles. The molecule has 3 aromatic carbocycles. The minimum atomic E-state index is -0.178. The molecule has 3 atom stereocenters. The van der Waals surface area contributed by atoms with E-state index >= 15 is 0 Å². The van der Waals surface area contributed by atoms with Crippen LogP contribution in [0.3, 0.4) is 0 Å². The van der Waals surface area contributed by atoms with Crippen LogP contribution in [0.15, 0.2) is 89.3 Å². The van der Waals surface area contributed by atoms with Crippen molar-refractivity contribution in [2.45, 2.75) is 77.4 Å². The average Bonchev–Trinajstić information content (AvgIpc) is 3.42. The molecule has 1 saturated carbocycles. The summed E-state index contributed by atoms with van der Waals surface area (Å²) in [6.45, 7) is 8.59. The summed E-state index contributed by atoms with van der Waals surface area (Å²) in [4.78, 5) is 10.1. The molecule has 0 radical (unpaired) electrons. The van der Waals surface area contributed by atoms with Crippen LogP contribution in [0, 0.1) is 17.7 Å². The van der Waals surface area contributed by atoms with Crippen molar-refractivity contribution in [1.29, 1.82) is 0 Å². The van der Waals surface area contributed by atoms with Crippen LogP contribution in [0.2, 0.25) is 0 Å². The Bertz CT molecular complexity index is 1430. The van der Waals surface area contributed by atoms with Gasteiger partial charge in [0.2, 0.25) is 11.8 Å². The summed E-state index contributed by atoms with van der Waals surface area (Å²) in [6, 6.07) is 28.9. The van der Waals surface area contributed by atoms with Crippen molar-refractivity contribution in [1.82, 2.24) is 14.8 Å². The molecule has 1 N–H and O–H groups in total. The predicted octanol–water partition coefficient (Wildman–Crippen LogP) is 8.94. The van der Waals surface area contributed by atoms with Crippen molar-refractivity contribution < 1.29 is 8.81 Å². The van der Waals surface area contributed by atoms with E-state index in [9.17, 15) is 4.39 Å². The molecule has 3 unspecified atom stereocenters. The van der Waals surface area contributed by atoms with Crippen LogP contribution < -0.4 is 5.32 Å². The van der Waals surface area contributed by atoms with Crippen LogP contribution in [0.1, 0.15) is 86.8 Å². The molecule has 240 valence electrons. The molecule has 5 nitrogen and oxygen atoms in total. The van der Waals surface area contributed by atoms with E-state index in [0.717, 1.165) is 69.1 Å². The molecule has 0 spiro atoms. The van der Waals surface area contributed by atoms with Gasteiger partial charge in [0.25, 0.3) is 0 Å². The minimum Gasteiger partial charge on any atom is -0.423 e. The third kappa shape index (κ3) is 8.42. The highest BCUT2D eigenvalue weighted by Crippen LogP contribution is 2.45. The van der Waals surface area contributed by atoms with E-state index in [4.69, 9.17) is 9.40 Å². The number of halogens is 1. The smallest absolute Gasteiger partial charge is 0.217 e. The first-order valence-corrected chi connectivity index (χ1v) is 16.9. The van der Waals surface area contributed by atoms with E-state index in [1.165, 1.54) is 16.7 Å². The van der Waals surface area contributed by atoms with E-state index in [1.54, 1.807) is 12.1 Å². The first kappa shape index (κ1) is 32.9. The number of oxazole rings is 1. The summed E-state index contributed by atoms with van der Waals surface area (Å²) in [5.74, 6) is 2.43. The minimum absolute atomic E-state index is 0.124. The fourth-order valence-electron chi connectivity index (χ4n) is 7.46. The third-order valence-corrected chi connectivity index (χ3v) is 9.63. The molecule has 1 fully saturated rings. The van der Waals surface area contributed by atoms with Gasteiger partial charge in [-0.05, 0) is 107 Å². The molecule has 1 aliphatic rings. The number of rotatable bonds is 14. The highest BCUT2D eigenvalue weighted by atomic mass is 19.1. The number of nitrogens with zero attached hydrogens (tertiary/aromatic N) is 3. The Morgan fingerprint density at radius 1 is 0.800 bits per heavy atom. The molecule has 0 amide bonds. The first-order chi connectivity index (χ1) is 21.9. The topological polar surface area (TPSA) is 44.5 Å². The number of hydrogen-bond donors (Lipinski definition) is 1. The summed E-state index contributed by atoms with van der Waals surface area (Å²) in [5, 5.41) is 3.71. The van der Waals surface area contributed by atoms with Gasteiger partial charge in [0.05, 0.1) is 6.04 Å². The highest BCUT2D eigenvalue weighted by molar-refractivity contribution is 5.42. The monoisotopic (exact) mass is 610 g/mol. The van der Waals surface area contributed by atoms with Crippen LogP contribution in [-0.4, -0.2) is 48.0 Å². The van der Waals surface area contributed by atoms with Gasteiger partial charge in [0.15, 0.2) is 0 Å². The molecule has 0 saturated heterocycles. The summed E-state index contributed by atoms with van der Waals surface area (Å²) in [7, 11) is 4.29. The Balaban J connectivity index is 1.39. The predicted molar refractivity (Wildman–Crippen MR) is 183 cm³/mol. The van der Waals surface area contributed by atoms with Crippen molar-refractivity contribution in [2.75, 3.05) is 32.5 Å². The Kier molecular flexibility index (Phi) is 11.5. The van der Waals surface area contributed by atoms with Crippen molar-refractivity contribution in [2.24, 2.45) is 11.8 Å². The van der Waals surface area contributed by atoms with Crippen molar-refractivity contribution in [3.05, 3.63) is 119 Å². The van der Waals surface area contributed by atoms with Gasteiger partial charge >= 0.3 is 0 Å². The van der Waals surface area contributed by atoms with E-state index in [0.29, 0.717) is 11.8 Å². The molecule has 1 aliphatic carbocycles. The largest absolute Gasteiger partial charge is 0.423 e. The Labute approximate surface area is 269 Å². The maximum Gasteiger partial charge on any atom is 0.217 e. The summed E-state index contributed by atoms with van der Waals surface area (Å²) >= 11 is 0.